The second-order valence-corrected chi connectivity index (χ2v) is 4.18. The Morgan fingerprint density at radius 2 is 1.67 bits per heavy atom. The molecule has 0 radical (unpaired) electrons. The molecule has 1 aromatic rings. The van der Waals surface area contributed by atoms with Crippen LogP contribution >= 0.6 is 0 Å². The van der Waals surface area contributed by atoms with Gasteiger partial charge >= 0.3 is 0 Å². The second kappa shape index (κ2) is 8.03. The molecule has 0 unspecified atom stereocenters. The van der Waals surface area contributed by atoms with Gasteiger partial charge in [-0.3, -0.25) is 4.79 Å². The van der Waals surface area contributed by atoms with Gasteiger partial charge in [0.05, 0.1) is 17.7 Å². The van der Waals surface area contributed by atoms with E-state index in [1.165, 1.54) is 0 Å². The van der Waals surface area contributed by atoms with Crippen molar-refractivity contribution in [2.45, 2.75) is 38.5 Å². The molecule has 0 atom stereocenters. The zero-order valence-electron chi connectivity index (χ0n) is 10.4. The lowest BCUT2D eigenvalue weighted by atomic mass is 10.0. The molecule has 0 aliphatic heterocycles. The summed E-state index contributed by atoms with van der Waals surface area (Å²) in [6, 6.07) is 10.9. The van der Waals surface area contributed by atoms with Crippen LogP contribution in [0, 0.1) is 22.7 Å². The van der Waals surface area contributed by atoms with Crippen molar-refractivity contribution in [2.24, 2.45) is 0 Å². The van der Waals surface area contributed by atoms with Gasteiger partial charge in [0.2, 0.25) is 0 Å². The SMILES string of the molecule is N#CCCCCCCC(=O)c1ccc(C#N)cc1. The monoisotopic (exact) mass is 240 g/mol. The fourth-order valence-electron chi connectivity index (χ4n) is 1.72. The highest BCUT2D eigenvalue weighted by Crippen LogP contribution is 2.11. The van der Waals surface area contributed by atoms with Crippen LogP contribution in [0.4, 0.5) is 0 Å². The molecule has 0 N–H and O–H groups in total. The number of carbonyl (C=O) groups excluding carboxylic acids is 1. The van der Waals surface area contributed by atoms with Crippen molar-refractivity contribution >= 4 is 5.78 Å². The Labute approximate surface area is 108 Å². The molecule has 18 heavy (non-hydrogen) atoms. The molecule has 1 rings (SSSR count). The average Bonchev–Trinajstić information content (AvgIpc) is 2.42. The molecule has 0 aliphatic rings. The second-order valence-electron chi connectivity index (χ2n) is 4.18. The van der Waals surface area contributed by atoms with Crippen molar-refractivity contribution in [3.63, 3.8) is 0 Å². The molecule has 0 saturated carbocycles. The summed E-state index contributed by atoms with van der Waals surface area (Å²) in [5.74, 6) is 0.125. The van der Waals surface area contributed by atoms with Gasteiger partial charge in [0.25, 0.3) is 0 Å². The molecule has 0 fully saturated rings. The lowest BCUT2D eigenvalue weighted by molar-refractivity contribution is 0.0979. The standard InChI is InChI=1S/C15H16N2O/c16-11-5-3-1-2-4-6-15(18)14-9-7-13(12-17)8-10-14/h7-10H,1-6H2. The van der Waals surface area contributed by atoms with Crippen molar-refractivity contribution in [3.05, 3.63) is 35.4 Å². The summed E-state index contributed by atoms with van der Waals surface area (Å²) >= 11 is 0. The van der Waals surface area contributed by atoms with Crippen LogP contribution in [0.2, 0.25) is 0 Å². The molecule has 3 heteroatoms. The van der Waals surface area contributed by atoms with E-state index in [0.29, 0.717) is 24.0 Å². The molecule has 0 bridgehead atoms. The molecule has 0 aromatic heterocycles. The summed E-state index contributed by atoms with van der Waals surface area (Å²) in [5, 5.41) is 17.0. The van der Waals surface area contributed by atoms with E-state index in [9.17, 15) is 4.79 Å². The Morgan fingerprint density at radius 1 is 1.00 bits per heavy atom. The van der Waals surface area contributed by atoms with Gasteiger partial charge in [0.15, 0.2) is 5.78 Å². The van der Waals surface area contributed by atoms with Gasteiger partial charge < -0.3 is 0 Å². The quantitative estimate of drug-likeness (QED) is 0.540. The van der Waals surface area contributed by atoms with Gasteiger partial charge in [-0.25, -0.2) is 0 Å². The summed E-state index contributed by atoms with van der Waals surface area (Å²) in [6.07, 6.45) is 4.92. The molecule has 0 spiro atoms. The number of carbonyl (C=O) groups is 1. The van der Waals surface area contributed by atoms with Crippen molar-refractivity contribution in [1.29, 1.82) is 10.5 Å². The van der Waals surface area contributed by atoms with Gasteiger partial charge in [-0.1, -0.05) is 25.0 Å². The zero-order chi connectivity index (χ0) is 13.2. The molecule has 0 heterocycles. The molecule has 92 valence electrons. The van der Waals surface area contributed by atoms with Crippen LogP contribution in [0.25, 0.3) is 0 Å². The Kier molecular flexibility index (Phi) is 6.22. The number of Topliss-reactive ketones (excluding diaryl/α,β-unsaturated/α-hetero) is 1. The van der Waals surface area contributed by atoms with E-state index in [-0.39, 0.29) is 5.78 Å². The first-order valence-electron chi connectivity index (χ1n) is 6.18. The number of hydrogen-bond acceptors (Lipinski definition) is 3. The molecular weight excluding hydrogens is 224 g/mol. The van der Waals surface area contributed by atoms with E-state index in [1.54, 1.807) is 24.3 Å². The van der Waals surface area contributed by atoms with Crippen LogP contribution in [0.3, 0.4) is 0 Å². The third-order valence-electron chi connectivity index (χ3n) is 2.78. The van der Waals surface area contributed by atoms with E-state index >= 15 is 0 Å². The molecule has 1 aromatic carbocycles. The van der Waals surface area contributed by atoms with Crippen molar-refractivity contribution < 1.29 is 4.79 Å². The smallest absolute Gasteiger partial charge is 0.162 e. The lowest BCUT2D eigenvalue weighted by Crippen LogP contribution is -1.98. The highest BCUT2D eigenvalue weighted by Gasteiger charge is 2.05. The molecular formula is C15H16N2O. The fraction of sp³-hybridized carbons (Fsp3) is 0.400. The topological polar surface area (TPSA) is 64.7 Å². The van der Waals surface area contributed by atoms with Gasteiger partial charge in [-0.05, 0) is 25.0 Å². The van der Waals surface area contributed by atoms with Crippen LogP contribution in [-0.2, 0) is 0 Å². The Bertz CT molecular complexity index is 463. The van der Waals surface area contributed by atoms with Gasteiger partial charge in [-0.15, -0.1) is 0 Å². The maximum atomic E-state index is 11.8. The average molecular weight is 240 g/mol. The van der Waals surface area contributed by atoms with Crippen molar-refractivity contribution in [1.82, 2.24) is 0 Å². The first-order chi connectivity index (χ1) is 8.77. The molecule has 0 amide bonds. The Balaban J connectivity index is 2.28. The number of nitriles is 2. The fourth-order valence-corrected chi connectivity index (χ4v) is 1.72. The van der Waals surface area contributed by atoms with Crippen LogP contribution in [0.1, 0.15) is 54.4 Å². The first kappa shape index (κ1) is 13.9. The number of hydrogen-bond donors (Lipinski definition) is 0. The molecule has 0 saturated heterocycles. The third-order valence-corrected chi connectivity index (χ3v) is 2.78. The Morgan fingerprint density at radius 3 is 2.28 bits per heavy atom. The highest BCUT2D eigenvalue weighted by atomic mass is 16.1. The molecule has 3 nitrogen and oxygen atoms in total. The van der Waals surface area contributed by atoms with Crippen LogP contribution in [0.5, 0.6) is 0 Å². The van der Waals surface area contributed by atoms with E-state index < -0.39 is 0 Å². The number of ketones is 1. The first-order valence-corrected chi connectivity index (χ1v) is 6.18. The van der Waals surface area contributed by atoms with Crippen LogP contribution in [0.15, 0.2) is 24.3 Å². The van der Waals surface area contributed by atoms with E-state index in [4.69, 9.17) is 10.5 Å². The molecule has 0 aliphatic carbocycles. The van der Waals surface area contributed by atoms with Crippen LogP contribution in [-0.4, -0.2) is 5.78 Å². The minimum atomic E-state index is 0.125. The van der Waals surface area contributed by atoms with Gasteiger partial charge in [0, 0.05) is 18.4 Å². The van der Waals surface area contributed by atoms with Gasteiger partial charge in [0.1, 0.15) is 0 Å². The minimum absolute atomic E-state index is 0.125. The van der Waals surface area contributed by atoms with E-state index in [0.717, 1.165) is 25.7 Å². The van der Waals surface area contributed by atoms with Crippen molar-refractivity contribution in [3.8, 4) is 12.1 Å². The number of nitrogens with zero attached hydrogens (tertiary/aromatic N) is 2. The largest absolute Gasteiger partial charge is 0.294 e. The lowest BCUT2D eigenvalue weighted by Gasteiger charge is -2.01. The summed E-state index contributed by atoms with van der Waals surface area (Å²) in [7, 11) is 0. The normalized spacial score (nSPS) is 9.44. The highest BCUT2D eigenvalue weighted by molar-refractivity contribution is 5.96. The summed E-state index contributed by atoms with van der Waals surface area (Å²) < 4.78 is 0. The van der Waals surface area contributed by atoms with E-state index in [1.807, 2.05) is 6.07 Å². The zero-order valence-corrected chi connectivity index (χ0v) is 10.4. The predicted molar refractivity (Wildman–Crippen MR) is 68.8 cm³/mol. The number of rotatable bonds is 7. The summed E-state index contributed by atoms with van der Waals surface area (Å²) in [6.45, 7) is 0. The van der Waals surface area contributed by atoms with E-state index in [2.05, 4.69) is 6.07 Å². The van der Waals surface area contributed by atoms with Gasteiger partial charge in [-0.2, -0.15) is 10.5 Å². The van der Waals surface area contributed by atoms with Crippen molar-refractivity contribution in [2.75, 3.05) is 0 Å². The minimum Gasteiger partial charge on any atom is -0.294 e. The number of unbranched alkanes of at least 4 members (excludes halogenated alkanes) is 4. The third kappa shape index (κ3) is 4.80. The predicted octanol–water partition coefficient (Wildman–Crippen LogP) is 3.61. The summed E-state index contributed by atoms with van der Waals surface area (Å²) in [4.78, 5) is 11.8. The summed E-state index contributed by atoms with van der Waals surface area (Å²) in [5.41, 5.74) is 1.24. The maximum Gasteiger partial charge on any atom is 0.162 e. The maximum absolute atomic E-state index is 11.8. The number of benzene rings is 1. The van der Waals surface area contributed by atoms with Crippen LogP contribution < -0.4 is 0 Å². The Hall–Kier alpha value is -2.13.